The maximum absolute atomic E-state index is 12.5. The molecule has 0 fully saturated rings. The number of hydrogen-bond acceptors (Lipinski definition) is 1. The van der Waals surface area contributed by atoms with Crippen LogP contribution in [0.2, 0.25) is 0 Å². The van der Waals surface area contributed by atoms with Crippen LogP contribution in [0.15, 0.2) is 66.7 Å². The van der Waals surface area contributed by atoms with Crippen LogP contribution in [0.4, 0.5) is 0 Å². The summed E-state index contributed by atoms with van der Waals surface area (Å²) in [7, 11) is 0. The van der Waals surface area contributed by atoms with Gasteiger partial charge in [0, 0.05) is 33.9 Å². The number of aryl methyl sites for hydroxylation is 3. The average molecular weight is 353 g/mol. The third-order valence-corrected chi connectivity index (χ3v) is 5.33. The molecule has 0 atom stereocenters. The SMILES string of the molecule is CCn1c2ccccc2c2cc(/C=C/C(=O)c3ccc(C)c(C)c3)ccc21. The Kier molecular flexibility index (Phi) is 4.41. The van der Waals surface area contributed by atoms with E-state index in [0.29, 0.717) is 0 Å². The first-order valence-corrected chi connectivity index (χ1v) is 9.39. The molecule has 0 aliphatic rings. The monoisotopic (exact) mass is 353 g/mol. The Labute approximate surface area is 159 Å². The highest BCUT2D eigenvalue weighted by Gasteiger charge is 2.09. The lowest BCUT2D eigenvalue weighted by Gasteiger charge is -2.03. The third kappa shape index (κ3) is 3.08. The molecule has 0 spiro atoms. The van der Waals surface area contributed by atoms with Crippen molar-refractivity contribution in [3.8, 4) is 0 Å². The summed E-state index contributed by atoms with van der Waals surface area (Å²) in [6.45, 7) is 7.20. The molecule has 2 heteroatoms. The Bertz CT molecular complexity index is 1190. The molecule has 2 nitrogen and oxygen atoms in total. The number of aromatic nitrogens is 1. The highest BCUT2D eigenvalue weighted by Crippen LogP contribution is 2.30. The molecule has 0 amide bonds. The van der Waals surface area contributed by atoms with Gasteiger partial charge in [-0.3, -0.25) is 4.79 Å². The minimum atomic E-state index is 0.0363. The van der Waals surface area contributed by atoms with Crippen LogP contribution < -0.4 is 0 Å². The predicted octanol–water partition coefficient (Wildman–Crippen LogP) is 6.33. The minimum Gasteiger partial charge on any atom is -0.341 e. The van der Waals surface area contributed by atoms with E-state index in [0.717, 1.165) is 23.2 Å². The Morgan fingerprint density at radius 1 is 0.889 bits per heavy atom. The standard InChI is InChI=1S/C25H23NO/c1-4-26-23-8-6-5-7-21(23)22-16-19(10-13-24(22)26)11-14-25(27)20-12-9-17(2)18(3)15-20/h5-16H,4H2,1-3H3/b14-11+. The van der Waals surface area contributed by atoms with Gasteiger partial charge < -0.3 is 4.57 Å². The Morgan fingerprint density at radius 3 is 2.44 bits per heavy atom. The molecule has 0 saturated carbocycles. The van der Waals surface area contributed by atoms with Crippen molar-refractivity contribution >= 4 is 33.7 Å². The second kappa shape index (κ2) is 6.88. The van der Waals surface area contributed by atoms with E-state index in [1.54, 1.807) is 6.08 Å². The Balaban J connectivity index is 1.72. The smallest absolute Gasteiger partial charge is 0.185 e. The van der Waals surface area contributed by atoms with Crippen LogP contribution in [0.3, 0.4) is 0 Å². The molecule has 4 rings (SSSR count). The van der Waals surface area contributed by atoms with Gasteiger partial charge in [0.25, 0.3) is 0 Å². The van der Waals surface area contributed by atoms with Crippen LogP contribution in [-0.4, -0.2) is 10.4 Å². The van der Waals surface area contributed by atoms with Crippen molar-refractivity contribution in [2.75, 3.05) is 0 Å². The first-order chi connectivity index (χ1) is 13.1. The summed E-state index contributed by atoms with van der Waals surface area (Å²) in [5.41, 5.74) is 6.60. The van der Waals surface area contributed by atoms with Gasteiger partial charge in [-0.15, -0.1) is 0 Å². The average Bonchev–Trinajstić information content (AvgIpc) is 3.01. The van der Waals surface area contributed by atoms with Crippen LogP contribution in [0, 0.1) is 13.8 Å². The molecule has 27 heavy (non-hydrogen) atoms. The summed E-state index contributed by atoms with van der Waals surface area (Å²) in [4.78, 5) is 12.5. The van der Waals surface area contributed by atoms with Crippen molar-refractivity contribution in [3.63, 3.8) is 0 Å². The lowest BCUT2D eigenvalue weighted by atomic mass is 10.0. The summed E-state index contributed by atoms with van der Waals surface area (Å²) in [5.74, 6) is 0.0363. The normalized spacial score (nSPS) is 11.7. The lowest BCUT2D eigenvalue weighted by Crippen LogP contribution is -1.95. The van der Waals surface area contributed by atoms with E-state index in [1.165, 1.54) is 27.4 Å². The van der Waals surface area contributed by atoms with E-state index in [4.69, 9.17) is 0 Å². The minimum absolute atomic E-state index is 0.0363. The van der Waals surface area contributed by atoms with Gasteiger partial charge in [-0.1, -0.05) is 42.5 Å². The number of carbonyl (C=O) groups is 1. The number of nitrogens with zero attached hydrogens (tertiary/aromatic N) is 1. The number of allylic oxidation sites excluding steroid dienone is 1. The molecule has 3 aromatic carbocycles. The van der Waals surface area contributed by atoms with Gasteiger partial charge >= 0.3 is 0 Å². The van der Waals surface area contributed by atoms with Crippen LogP contribution in [0.1, 0.15) is 34.0 Å². The number of fused-ring (bicyclic) bond motifs is 3. The molecule has 4 aromatic rings. The third-order valence-electron chi connectivity index (χ3n) is 5.33. The van der Waals surface area contributed by atoms with E-state index in [-0.39, 0.29) is 5.78 Å². The van der Waals surface area contributed by atoms with Gasteiger partial charge in [0.15, 0.2) is 5.78 Å². The maximum atomic E-state index is 12.5. The molecule has 0 aliphatic heterocycles. The van der Waals surface area contributed by atoms with Gasteiger partial charge in [0.1, 0.15) is 0 Å². The van der Waals surface area contributed by atoms with Crippen LogP contribution in [0.25, 0.3) is 27.9 Å². The number of rotatable bonds is 4. The van der Waals surface area contributed by atoms with Crippen LogP contribution in [-0.2, 0) is 6.54 Å². The summed E-state index contributed by atoms with van der Waals surface area (Å²) >= 11 is 0. The predicted molar refractivity (Wildman–Crippen MR) is 114 cm³/mol. The molecule has 1 heterocycles. The first-order valence-electron chi connectivity index (χ1n) is 9.39. The van der Waals surface area contributed by atoms with E-state index in [1.807, 2.05) is 31.2 Å². The zero-order valence-electron chi connectivity index (χ0n) is 16.0. The van der Waals surface area contributed by atoms with Gasteiger partial charge in [0.05, 0.1) is 0 Å². The summed E-state index contributed by atoms with van der Waals surface area (Å²) in [5, 5.41) is 2.48. The molecular weight excluding hydrogens is 330 g/mol. The van der Waals surface area contributed by atoms with Gasteiger partial charge in [-0.2, -0.15) is 0 Å². The lowest BCUT2D eigenvalue weighted by molar-refractivity contribution is 0.104. The second-order valence-electron chi connectivity index (χ2n) is 7.03. The molecule has 0 bridgehead atoms. The Morgan fingerprint density at radius 2 is 1.67 bits per heavy atom. The molecule has 0 aliphatic carbocycles. The topological polar surface area (TPSA) is 22.0 Å². The van der Waals surface area contributed by atoms with Crippen LogP contribution in [0.5, 0.6) is 0 Å². The summed E-state index contributed by atoms with van der Waals surface area (Å²) < 4.78 is 2.33. The fourth-order valence-electron chi connectivity index (χ4n) is 3.68. The van der Waals surface area contributed by atoms with Gasteiger partial charge in [-0.05, 0) is 67.8 Å². The van der Waals surface area contributed by atoms with E-state index < -0.39 is 0 Å². The fraction of sp³-hybridized carbons (Fsp3) is 0.160. The van der Waals surface area contributed by atoms with Crippen molar-refractivity contribution < 1.29 is 4.79 Å². The number of carbonyl (C=O) groups excluding carboxylic acids is 1. The quantitative estimate of drug-likeness (QED) is 0.310. The van der Waals surface area contributed by atoms with Crippen molar-refractivity contribution in [2.45, 2.75) is 27.3 Å². The molecule has 0 saturated heterocycles. The molecular formula is C25H23NO. The highest BCUT2D eigenvalue weighted by atomic mass is 16.1. The van der Waals surface area contributed by atoms with Crippen molar-refractivity contribution in [1.29, 1.82) is 0 Å². The van der Waals surface area contributed by atoms with E-state index in [9.17, 15) is 4.79 Å². The Hall–Kier alpha value is -3.13. The summed E-state index contributed by atoms with van der Waals surface area (Å²) in [6, 6.07) is 20.7. The zero-order valence-corrected chi connectivity index (χ0v) is 16.0. The number of hydrogen-bond donors (Lipinski definition) is 0. The molecule has 134 valence electrons. The maximum Gasteiger partial charge on any atom is 0.185 e. The van der Waals surface area contributed by atoms with Crippen molar-refractivity contribution in [2.24, 2.45) is 0 Å². The highest BCUT2D eigenvalue weighted by molar-refractivity contribution is 6.10. The number of benzene rings is 3. The fourth-order valence-corrected chi connectivity index (χ4v) is 3.68. The second-order valence-corrected chi connectivity index (χ2v) is 7.03. The number of para-hydroxylation sites is 1. The van der Waals surface area contributed by atoms with Crippen LogP contribution >= 0.6 is 0 Å². The molecule has 0 N–H and O–H groups in total. The van der Waals surface area contributed by atoms with Crippen molar-refractivity contribution in [3.05, 3.63) is 89.0 Å². The largest absolute Gasteiger partial charge is 0.341 e. The first kappa shape index (κ1) is 17.3. The molecule has 0 unspecified atom stereocenters. The zero-order chi connectivity index (χ0) is 19.0. The van der Waals surface area contributed by atoms with Crippen molar-refractivity contribution in [1.82, 2.24) is 4.57 Å². The van der Waals surface area contributed by atoms with E-state index in [2.05, 4.69) is 60.9 Å². The number of ketones is 1. The van der Waals surface area contributed by atoms with E-state index >= 15 is 0 Å². The summed E-state index contributed by atoms with van der Waals surface area (Å²) in [6.07, 6.45) is 3.58. The molecule has 0 radical (unpaired) electrons. The van der Waals surface area contributed by atoms with Gasteiger partial charge in [-0.25, -0.2) is 0 Å². The molecule has 1 aromatic heterocycles. The van der Waals surface area contributed by atoms with Gasteiger partial charge in [0.2, 0.25) is 0 Å².